The summed E-state index contributed by atoms with van der Waals surface area (Å²) in [5, 5.41) is 2.02. The third-order valence-electron chi connectivity index (χ3n) is 2.08. The average molecular weight is 220 g/mol. The van der Waals surface area contributed by atoms with E-state index in [1.165, 1.54) is 20.9 Å². The van der Waals surface area contributed by atoms with Crippen molar-refractivity contribution in [2.75, 3.05) is 12.8 Å². The summed E-state index contributed by atoms with van der Waals surface area (Å²) in [5.74, 6) is -1.19. The molecule has 6 nitrogen and oxygen atoms in total. The molecule has 1 atom stereocenters. The molecule has 0 aromatic rings. The van der Waals surface area contributed by atoms with Crippen molar-refractivity contribution >= 4 is 24.5 Å². The lowest BCUT2D eigenvalue weighted by atomic mass is 10.0. The van der Waals surface area contributed by atoms with Crippen molar-refractivity contribution < 1.29 is 14.4 Å². The molecule has 1 amide bonds. The zero-order chi connectivity index (χ0) is 11.4. The lowest BCUT2D eigenvalue weighted by Crippen LogP contribution is -2.54. The first kappa shape index (κ1) is 12.9. The van der Waals surface area contributed by atoms with E-state index in [4.69, 9.17) is 0 Å². The quantitative estimate of drug-likeness (QED) is 0.422. The highest BCUT2D eigenvalue weighted by Gasteiger charge is 2.40. The Morgan fingerprint density at radius 1 is 1.57 bits per heavy atom. The molecule has 0 aliphatic carbocycles. The van der Waals surface area contributed by atoms with Gasteiger partial charge in [-0.1, -0.05) is 0 Å². The van der Waals surface area contributed by atoms with Crippen LogP contribution in [0.4, 0.5) is 0 Å². The van der Waals surface area contributed by atoms with Crippen molar-refractivity contribution in [3.8, 4) is 0 Å². The molecule has 0 saturated carbocycles. The zero-order valence-corrected chi connectivity index (χ0v) is 9.08. The fourth-order valence-corrected chi connectivity index (χ4v) is 1.13. The van der Waals surface area contributed by atoms with E-state index in [9.17, 15) is 14.5 Å². The summed E-state index contributed by atoms with van der Waals surface area (Å²) in [7, 11) is 1.42. The average Bonchev–Trinajstić information content (AvgIpc) is 2.15. The zero-order valence-electron chi connectivity index (χ0n) is 8.18. The highest BCUT2D eigenvalue weighted by molar-refractivity contribution is 7.80. The van der Waals surface area contributed by atoms with Gasteiger partial charge in [0.25, 0.3) is 0 Å². The maximum Gasteiger partial charge on any atom is 0.364 e. The highest BCUT2D eigenvalue weighted by Crippen LogP contribution is 2.17. The molecule has 0 saturated heterocycles. The SMILES string of the molecule is CC(=O)N(C)[C@@](C)(CS)C(=O)ON=O. The second-order valence-corrected chi connectivity index (χ2v) is 3.28. The molecule has 0 rings (SSSR count). The number of nitrogens with zero attached hydrogens (tertiary/aromatic N) is 2. The Balaban J connectivity index is 4.86. The fraction of sp³-hybridized carbons (Fsp3) is 0.714. The van der Waals surface area contributed by atoms with E-state index in [0.29, 0.717) is 0 Å². The second-order valence-electron chi connectivity index (χ2n) is 2.96. The largest absolute Gasteiger partial charge is 0.364 e. The van der Waals surface area contributed by atoms with Crippen molar-refractivity contribution in [3.63, 3.8) is 0 Å². The summed E-state index contributed by atoms with van der Waals surface area (Å²) >= 11 is 3.93. The van der Waals surface area contributed by atoms with Gasteiger partial charge in [-0.2, -0.15) is 12.6 Å². The molecule has 7 heteroatoms. The van der Waals surface area contributed by atoms with Crippen LogP contribution in [-0.2, 0) is 14.4 Å². The maximum absolute atomic E-state index is 11.3. The molecule has 14 heavy (non-hydrogen) atoms. The van der Waals surface area contributed by atoms with Crippen LogP contribution < -0.4 is 0 Å². The Bertz CT molecular complexity index is 258. The molecule has 0 unspecified atom stereocenters. The maximum atomic E-state index is 11.3. The number of hydrogen-bond donors (Lipinski definition) is 1. The third-order valence-corrected chi connectivity index (χ3v) is 2.70. The number of thiol groups is 1. The molecule has 0 aliphatic rings. The molecule has 0 heterocycles. The van der Waals surface area contributed by atoms with E-state index in [-0.39, 0.29) is 11.7 Å². The number of carbonyl (C=O) groups excluding carboxylic acids is 2. The monoisotopic (exact) mass is 220 g/mol. The minimum absolute atomic E-state index is 0.0391. The number of hydrogen-bond acceptors (Lipinski definition) is 6. The predicted octanol–water partition coefficient (Wildman–Crippen LogP) is 0.378. The lowest BCUT2D eigenvalue weighted by Gasteiger charge is -2.33. The molecule has 0 spiro atoms. The summed E-state index contributed by atoms with van der Waals surface area (Å²) < 4.78 is 0. The molecule has 0 aliphatic heterocycles. The van der Waals surface area contributed by atoms with Crippen LogP contribution in [0.25, 0.3) is 0 Å². The van der Waals surface area contributed by atoms with Crippen LogP contribution >= 0.6 is 12.6 Å². The highest BCUT2D eigenvalue weighted by atomic mass is 32.1. The van der Waals surface area contributed by atoms with Gasteiger partial charge in [-0.05, 0) is 6.92 Å². The first-order chi connectivity index (χ1) is 6.40. The van der Waals surface area contributed by atoms with Crippen LogP contribution in [-0.4, -0.2) is 35.1 Å². The van der Waals surface area contributed by atoms with Crippen molar-refractivity contribution in [1.29, 1.82) is 0 Å². The van der Waals surface area contributed by atoms with E-state index < -0.39 is 11.5 Å². The molecule has 0 radical (unpaired) electrons. The number of carbonyl (C=O) groups is 2. The standard InChI is InChI=1S/C7H12N2O4S/c1-5(10)9(3)7(2,4-14)6(11)13-8-12/h14H,4H2,1-3H3/t7-/m0/s1. The molecule has 80 valence electrons. The van der Waals surface area contributed by atoms with Crippen LogP contribution in [0.3, 0.4) is 0 Å². The first-order valence-electron chi connectivity index (χ1n) is 3.79. The van der Waals surface area contributed by atoms with Crippen molar-refractivity contribution in [2.24, 2.45) is 5.34 Å². The van der Waals surface area contributed by atoms with Gasteiger partial charge >= 0.3 is 5.97 Å². The van der Waals surface area contributed by atoms with E-state index in [1.807, 2.05) is 5.34 Å². The molecule has 0 bridgehead atoms. The van der Waals surface area contributed by atoms with E-state index in [1.54, 1.807) is 0 Å². The topological polar surface area (TPSA) is 76.0 Å². The van der Waals surface area contributed by atoms with Gasteiger partial charge in [-0.25, -0.2) is 4.79 Å². The van der Waals surface area contributed by atoms with Crippen LogP contribution in [0.1, 0.15) is 13.8 Å². The molecule has 0 aromatic heterocycles. The van der Waals surface area contributed by atoms with Crippen LogP contribution in [0, 0.1) is 4.91 Å². The summed E-state index contributed by atoms with van der Waals surface area (Å²) in [4.78, 5) is 37.2. The molecular weight excluding hydrogens is 208 g/mol. The Morgan fingerprint density at radius 2 is 2.07 bits per heavy atom. The Kier molecular flexibility index (Phi) is 4.55. The van der Waals surface area contributed by atoms with Crippen molar-refractivity contribution in [2.45, 2.75) is 19.4 Å². The Morgan fingerprint density at radius 3 is 2.36 bits per heavy atom. The van der Waals surface area contributed by atoms with E-state index in [0.717, 1.165) is 4.90 Å². The lowest BCUT2D eigenvalue weighted by molar-refractivity contribution is -0.159. The minimum Gasteiger partial charge on any atom is -0.329 e. The summed E-state index contributed by atoms with van der Waals surface area (Å²) in [6.45, 7) is 2.73. The van der Waals surface area contributed by atoms with Crippen molar-refractivity contribution in [1.82, 2.24) is 4.90 Å². The number of amides is 1. The van der Waals surface area contributed by atoms with Gasteiger partial charge in [-0.15, -0.1) is 4.91 Å². The van der Waals surface area contributed by atoms with Crippen LogP contribution in [0.15, 0.2) is 5.34 Å². The van der Waals surface area contributed by atoms with Crippen molar-refractivity contribution in [3.05, 3.63) is 4.91 Å². The predicted molar refractivity (Wildman–Crippen MR) is 52.6 cm³/mol. The fourth-order valence-electron chi connectivity index (χ4n) is 0.787. The van der Waals surface area contributed by atoms with Gasteiger partial charge in [0.15, 0.2) is 5.34 Å². The van der Waals surface area contributed by atoms with E-state index in [2.05, 4.69) is 17.5 Å². The molecule has 0 N–H and O–H groups in total. The third kappa shape index (κ3) is 2.44. The van der Waals surface area contributed by atoms with Gasteiger partial charge in [0, 0.05) is 19.7 Å². The van der Waals surface area contributed by atoms with Gasteiger partial charge < -0.3 is 4.90 Å². The molecule has 0 aromatic carbocycles. The normalized spacial score (nSPS) is 14.0. The van der Waals surface area contributed by atoms with Crippen LogP contribution in [0.2, 0.25) is 0 Å². The van der Waals surface area contributed by atoms with Gasteiger partial charge in [-0.3, -0.25) is 9.63 Å². The Labute approximate surface area is 86.9 Å². The van der Waals surface area contributed by atoms with Gasteiger partial charge in [0.2, 0.25) is 5.91 Å². The number of rotatable bonds is 4. The summed E-state index contributed by atoms with van der Waals surface area (Å²) in [6.07, 6.45) is 0. The summed E-state index contributed by atoms with van der Waals surface area (Å²) in [5.41, 5.74) is -1.27. The van der Waals surface area contributed by atoms with E-state index >= 15 is 0 Å². The minimum atomic E-state index is -1.27. The molecule has 0 fully saturated rings. The molecular formula is C7H12N2O4S. The summed E-state index contributed by atoms with van der Waals surface area (Å²) in [6, 6.07) is 0. The number of likely N-dealkylation sites (N-methyl/N-ethyl adjacent to an activating group) is 1. The van der Waals surface area contributed by atoms with Crippen LogP contribution in [0.5, 0.6) is 0 Å². The second kappa shape index (κ2) is 4.94. The van der Waals surface area contributed by atoms with Gasteiger partial charge in [0.05, 0.1) is 0 Å². The smallest absolute Gasteiger partial charge is 0.329 e. The van der Waals surface area contributed by atoms with Gasteiger partial charge in [0.1, 0.15) is 5.54 Å². The Hall–Kier alpha value is -1.11. The first-order valence-corrected chi connectivity index (χ1v) is 4.42.